The second-order valence-electron chi connectivity index (χ2n) is 5.93. The predicted molar refractivity (Wildman–Crippen MR) is 84.1 cm³/mol. The van der Waals surface area contributed by atoms with Crippen LogP contribution in [0.2, 0.25) is 0 Å². The van der Waals surface area contributed by atoms with Crippen molar-refractivity contribution in [2.45, 2.75) is 43.7 Å². The van der Waals surface area contributed by atoms with Gasteiger partial charge in [-0.3, -0.25) is 0 Å². The molecule has 21 heavy (non-hydrogen) atoms. The first-order valence-corrected chi connectivity index (χ1v) is 7.82. The lowest BCUT2D eigenvalue weighted by molar-refractivity contribution is 0.351. The van der Waals surface area contributed by atoms with Gasteiger partial charge in [-0.15, -0.1) is 11.8 Å². The Hall–Kier alpha value is -1.53. The number of thioether (sulfide) groups is 1. The predicted octanol–water partition coefficient (Wildman–Crippen LogP) is 3.05. The lowest BCUT2D eigenvalue weighted by atomic mass is 10.1. The molecule has 0 spiro atoms. The Balaban J connectivity index is 1.95. The molecule has 1 atom stereocenters. The SMILES string of the molecule is CC(C)(C)SCc1noc([C@@H](N)Cc2ccc(O)cc2)n1. The third kappa shape index (κ3) is 5.06. The minimum Gasteiger partial charge on any atom is -0.508 e. The molecule has 1 aromatic heterocycles. The van der Waals surface area contributed by atoms with E-state index in [2.05, 4.69) is 30.9 Å². The highest BCUT2D eigenvalue weighted by molar-refractivity contribution is 7.99. The highest BCUT2D eigenvalue weighted by Gasteiger charge is 2.17. The highest BCUT2D eigenvalue weighted by Crippen LogP contribution is 2.26. The maximum atomic E-state index is 9.26. The van der Waals surface area contributed by atoms with Gasteiger partial charge in [-0.2, -0.15) is 4.98 Å². The Morgan fingerprint density at radius 1 is 1.29 bits per heavy atom. The topological polar surface area (TPSA) is 85.2 Å². The van der Waals surface area contributed by atoms with E-state index in [9.17, 15) is 5.11 Å². The van der Waals surface area contributed by atoms with Gasteiger partial charge < -0.3 is 15.4 Å². The smallest absolute Gasteiger partial charge is 0.243 e. The zero-order chi connectivity index (χ0) is 15.5. The zero-order valence-electron chi connectivity index (χ0n) is 12.5. The number of phenols is 1. The van der Waals surface area contributed by atoms with Gasteiger partial charge >= 0.3 is 0 Å². The number of aromatic hydroxyl groups is 1. The molecule has 1 aromatic carbocycles. The van der Waals surface area contributed by atoms with E-state index in [0.29, 0.717) is 23.9 Å². The number of phenolic OH excluding ortho intramolecular Hbond substituents is 1. The van der Waals surface area contributed by atoms with E-state index >= 15 is 0 Å². The van der Waals surface area contributed by atoms with Gasteiger partial charge in [-0.1, -0.05) is 38.1 Å². The molecule has 2 rings (SSSR count). The zero-order valence-corrected chi connectivity index (χ0v) is 13.4. The van der Waals surface area contributed by atoms with Crippen LogP contribution in [0.25, 0.3) is 0 Å². The number of benzene rings is 1. The van der Waals surface area contributed by atoms with Crippen molar-refractivity contribution in [3.05, 3.63) is 41.5 Å². The Labute approximate surface area is 128 Å². The summed E-state index contributed by atoms with van der Waals surface area (Å²) >= 11 is 1.76. The van der Waals surface area contributed by atoms with E-state index in [1.165, 1.54) is 0 Å². The maximum Gasteiger partial charge on any atom is 0.243 e. The van der Waals surface area contributed by atoms with E-state index in [-0.39, 0.29) is 16.5 Å². The van der Waals surface area contributed by atoms with Crippen molar-refractivity contribution in [1.82, 2.24) is 10.1 Å². The molecule has 0 bridgehead atoms. The molecular formula is C15H21N3O2S. The molecule has 0 unspecified atom stereocenters. The maximum absolute atomic E-state index is 9.26. The van der Waals surface area contributed by atoms with Gasteiger partial charge in [-0.05, 0) is 24.1 Å². The van der Waals surface area contributed by atoms with Gasteiger partial charge in [0.15, 0.2) is 5.82 Å². The summed E-state index contributed by atoms with van der Waals surface area (Å²) in [6.45, 7) is 6.44. The fraction of sp³-hybridized carbons (Fsp3) is 0.467. The molecule has 0 aliphatic rings. The number of aromatic nitrogens is 2. The number of nitrogens with two attached hydrogens (primary N) is 1. The van der Waals surface area contributed by atoms with Crippen LogP contribution in [0.3, 0.4) is 0 Å². The van der Waals surface area contributed by atoms with Crippen LogP contribution in [0.15, 0.2) is 28.8 Å². The van der Waals surface area contributed by atoms with E-state index in [1.807, 2.05) is 12.1 Å². The van der Waals surface area contributed by atoms with Crippen LogP contribution in [0.1, 0.15) is 44.1 Å². The van der Waals surface area contributed by atoms with Gasteiger partial charge in [0.1, 0.15) is 5.75 Å². The molecule has 0 saturated carbocycles. The minimum atomic E-state index is -0.338. The van der Waals surface area contributed by atoms with Crippen molar-refractivity contribution in [2.75, 3.05) is 0 Å². The third-order valence-corrected chi connectivity index (χ3v) is 4.10. The van der Waals surface area contributed by atoms with Gasteiger partial charge in [0, 0.05) is 4.75 Å². The largest absolute Gasteiger partial charge is 0.508 e. The average Bonchev–Trinajstić information content (AvgIpc) is 2.87. The molecule has 5 nitrogen and oxygen atoms in total. The molecule has 0 amide bonds. The van der Waals surface area contributed by atoms with Crippen molar-refractivity contribution < 1.29 is 9.63 Å². The lowest BCUT2D eigenvalue weighted by Gasteiger charge is -2.15. The Bertz CT molecular complexity index is 575. The molecule has 0 fully saturated rings. The summed E-state index contributed by atoms with van der Waals surface area (Å²) in [5, 5.41) is 13.2. The van der Waals surface area contributed by atoms with Crippen LogP contribution in [0.5, 0.6) is 5.75 Å². The third-order valence-electron chi connectivity index (χ3n) is 2.83. The first-order valence-electron chi connectivity index (χ1n) is 6.83. The normalized spacial score (nSPS) is 13.3. The van der Waals surface area contributed by atoms with Crippen LogP contribution in [-0.2, 0) is 12.2 Å². The van der Waals surface area contributed by atoms with Gasteiger partial charge in [0.05, 0.1) is 11.8 Å². The second kappa shape index (κ2) is 6.49. The molecule has 114 valence electrons. The van der Waals surface area contributed by atoms with Crippen LogP contribution >= 0.6 is 11.8 Å². The summed E-state index contributed by atoms with van der Waals surface area (Å²) in [5.41, 5.74) is 7.11. The summed E-state index contributed by atoms with van der Waals surface area (Å²) in [6.07, 6.45) is 0.592. The highest BCUT2D eigenvalue weighted by atomic mass is 32.2. The van der Waals surface area contributed by atoms with Crippen LogP contribution < -0.4 is 5.73 Å². The first kappa shape index (κ1) is 15.9. The Kier molecular flexibility index (Phi) is 4.90. The minimum absolute atomic E-state index is 0.162. The monoisotopic (exact) mass is 307 g/mol. The van der Waals surface area contributed by atoms with Crippen molar-refractivity contribution in [3.63, 3.8) is 0 Å². The summed E-state index contributed by atoms with van der Waals surface area (Å²) in [5.74, 6) is 2.07. The summed E-state index contributed by atoms with van der Waals surface area (Å²) in [4.78, 5) is 4.35. The van der Waals surface area contributed by atoms with Gasteiger partial charge in [-0.25, -0.2) is 0 Å². The van der Waals surface area contributed by atoms with Crippen molar-refractivity contribution in [2.24, 2.45) is 5.73 Å². The summed E-state index contributed by atoms with van der Waals surface area (Å²) < 4.78 is 5.40. The molecule has 6 heteroatoms. The number of rotatable bonds is 5. The van der Waals surface area contributed by atoms with Crippen molar-refractivity contribution >= 4 is 11.8 Å². The summed E-state index contributed by atoms with van der Waals surface area (Å²) in [7, 11) is 0. The van der Waals surface area contributed by atoms with Crippen molar-refractivity contribution in [1.29, 1.82) is 0 Å². The number of hydrogen-bond donors (Lipinski definition) is 2. The van der Waals surface area contributed by atoms with Crippen molar-refractivity contribution in [3.8, 4) is 5.75 Å². The van der Waals surface area contributed by atoms with E-state index in [1.54, 1.807) is 23.9 Å². The number of hydrogen-bond acceptors (Lipinski definition) is 6. The molecule has 0 radical (unpaired) electrons. The quantitative estimate of drug-likeness (QED) is 0.883. The van der Waals surface area contributed by atoms with Crippen LogP contribution in [-0.4, -0.2) is 20.0 Å². The van der Waals surface area contributed by atoms with Crippen LogP contribution in [0.4, 0.5) is 0 Å². The molecular weight excluding hydrogens is 286 g/mol. The number of nitrogens with zero attached hydrogens (tertiary/aromatic N) is 2. The molecule has 0 saturated heterocycles. The second-order valence-corrected chi connectivity index (χ2v) is 7.73. The lowest BCUT2D eigenvalue weighted by Crippen LogP contribution is -2.14. The van der Waals surface area contributed by atoms with E-state index in [4.69, 9.17) is 10.3 Å². The van der Waals surface area contributed by atoms with E-state index in [0.717, 1.165) is 5.56 Å². The van der Waals surface area contributed by atoms with Gasteiger partial charge in [0.25, 0.3) is 0 Å². The Morgan fingerprint density at radius 2 is 1.95 bits per heavy atom. The molecule has 1 heterocycles. The molecule has 2 aromatic rings. The molecule has 3 N–H and O–H groups in total. The van der Waals surface area contributed by atoms with Crippen LogP contribution in [0, 0.1) is 0 Å². The molecule has 0 aliphatic carbocycles. The summed E-state index contributed by atoms with van der Waals surface area (Å²) in [6, 6.07) is 6.61. The first-order chi connectivity index (χ1) is 9.83. The molecule has 0 aliphatic heterocycles. The fourth-order valence-electron chi connectivity index (χ4n) is 1.73. The fourth-order valence-corrected chi connectivity index (χ4v) is 2.41. The Morgan fingerprint density at radius 3 is 2.57 bits per heavy atom. The average molecular weight is 307 g/mol. The van der Waals surface area contributed by atoms with Gasteiger partial charge in [0.2, 0.25) is 5.89 Å². The standard InChI is InChI=1S/C15H21N3O2S/c1-15(2,3)21-9-13-17-14(20-18-13)12(16)8-10-4-6-11(19)7-5-10/h4-7,12,19H,8-9,16H2,1-3H3/t12-/m0/s1. The van der Waals surface area contributed by atoms with E-state index < -0.39 is 0 Å².